The molecule has 0 fully saturated rings. The molecule has 3 nitrogen and oxygen atoms in total. The van der Waals surface area contributed by atoms with E-state index in [0.717, 1.165) is 12.8 Å². The molecule has 1 unspecified atom stereocenters. The highest BCUT2D eigenvalue weighted by molar-refractivity contribution is 5.78. The van der Waals surface area contributed by atoms with E-state index in [2.05, 4.69) is 24.4 Å². The topological polar surface area (TPSA) is 55.1 Å². The molecule has 0 saturated heterocycles. The third kappa shape index (κ3) is 4.19. The van der Waals surface area contributed by atoms with Gasteiger partial charge in [0.2, 0.25) is 5.91 Å². The molecule has 1 aromatic carbocycles. The second-order valence-electron chi connectivity index (χ2n) is 4.31. The molecule has 0 aliphatic rings. The lowest BCUT2D eigenvalue weighted by Gasteiger charge is -2.13. The average molecular weight is 234 g/mol. The molecule has 1 amide bonds. The fourth-order valence-corrected chi connectivity index (χ4v) is 1.81. The molecule has 0 spiro atoms. The summed E-state index contributed by atoms with van der Waals surface area (Å²) < 4.78 is 0. The minimum Gasteiger partial charge on any atom is -0.355 e. The van der Waals surface area contributed by atoms with Crippen LogP contribution in [0.4, 0.5) is 0 Å². The van der Waals surface area contributed by atoms with Crippen LogP contribution in [0.3, 0.4) is 0 Å². The maximum absolute atomic E-state index is 11.7. The molecule has 17 heavy (non-hydrogen) atoms. The number of nitrogens with one attached hydrogen (secondary N) is 1. The van der Waals surface area contributed by atoms with Gasteiger partial charge < -0.3 is 11.1 Å². The van der Waals surface area contributed by atoms with E-state index >= 15 is 0 Å². The molecule has 1 rings (SSSR count). The summed E-state index contributed by atoms with van der Waals surface area (Å²) in [5.41, 5.74) is 8.09. The Hall–Kier alpha value is -1.35. The zero-order valence-electron chi connectivity index (χ0n) is 10.7. The number of carbonyl (C=O) groups excluding carboxylic acids is 1. The van der Waals surface area contributed by atoms with Crippen LogP contribution in [-0.4, -0.2) is 19.0 Å². The van der Waals surface area contributed by atoms with Crippen LogP contribution >= 0.6 is 0 Å². The fourth-order valence-electron chi connectivity index (χ4n) is 1.81. The minimum absolute atomic E-state index is 0.0492. The SMILES string of the molecule is CCC(CN)C(=O)NCCc1ccccc1C. The van der Waals surface area contributed by atoms with Gasteiger partial charge in [0, 0.05) is 19.0 Å². The van der Waals surface area contributed by atoms with E-state index in [9.17, 15) is 4.79 Å². The molecule has 1 atom stereocenters. The molecule has 94 valence electrons. The molecule has 0 aliphatic heterocycles. The predicted octanol–water partition coefficient (Wildman–Crippen LogP) is 1.64. The number of nitrogens with two attached hydrogens (primary N) is 1. The molecular weight excluding hydrogens is 212 g/mol. The van der Waals surface area contributed by atoms with E-state index in [1.54, 1.807) is 0 Å². The molecule has 1 aromatic rings. The predicted molar refractivity (Wildman–Crippen MR) is 70.7 cm³/mol. The van der Waals surface area contributed by atoms with Crippen molar-refractivity contribution in [3.63, 3.8) is 0 Å². The van der Waals surface area contributed by atoms with Crippen molar-refractivity contribution in [1.82, 2.24) is 5.32 Å². The Labute approximate surface area is 103 Å². The Kier molecular flexibility index (Phi) is 5.70. The molecule has 0 bridgehead atoms. The van der Waals surface area contributed by atoms with E-state index in [1.807, 2.05) is 19.1 Å². The van der Waals surface area contributed by atoms with Gasteiger partial charge in [-0.3, -0.25) is 4.79 Å². The highest BCUT2D eigenvalue weighted by Gasteiger charge is 2.13. The number of rotatable bonds is 6. The van der Waals surface area contributed by atoms with Crippen LogP contribution in [0.25, 0.3) is 0 Å². The van der Waals surface area contributed by atoms with Crippen molar-refractivity contribution >= 4 is 5.91 Å². The van der Waals surface area contributed by atoms with Crippen LogP contribution < -0.4 is 11.1 Å². The van der Waals surface area contributed by atoms with Crippen molar-refractivity contribution in [3.8, 4) is 0 Å². The van der Waals surface area contributed by atoms with Gasteiger partial charge in [0.1, 0.15) is 0 Å². The first-order valence-corrected chi connectivity index (χ1v) is 6.21. The smallest absolute Gasteiger partial charge is 0.224 e. The average Bonchev–Trinajstić information content (AvgIpc) is 2.33. The number of carbonyl (C=O) groups is 1. The van der Waals surface area contributed by atoms with E-state index in [1.165, 1.54) is 11.1 Å². The largest absolute Gasteiger partial charge is 0.355 e. The summed E-state index contributed by atoms with van der Waals surface area (Å²) >= 11 is 0. The molecule has 0 aromatic heterocycles. The van der Waals surface area contributed by atoms with Crippen LogP contribution in [0.5, 0.6) is 0 Å². The molecule has 3 N–H and O–H groups in total. The normalized spacial score (nSPS) is 12.2. The van der Waals surface area contributed by atoms with Crippen LogP contribution in [0.15, 0.2) is 24.3 Å². The lowest BCUT2D eigenvalue weighted by atomic mass is 10.0. The Morgan fingerprint density at radius 1 is 1.41 bits per heavy atom. The molecular formula is C14H22N2O. The molecule has 0 aliphatic carbocycles. The highest BCUT2D eigenvalue weighted by atomic mass is 16.1. The second kappa shape index (κ2) is 7.07. The third-order valence-electron chi connectivity index (χ3n) is 3.10. The summed E-state index contributed by atoms with van der Waals surface area (Å²) in [6, 6.07) is 8.24. The molecule has 0 saturated carbocycles. The standard InChI is InChI=1S/C14H22N2O/c1-3-12(10-15)14(17)16-9-8-13-7-5-4-6-11(13)2/h4-7,12H,3,8-10,15H2,1-2H3,(H,16,17). The minimum atomic E-state index is -0.0492. The number of hydrogen-bond acceptors (Lipinski definition) is 2. The fraction of sp³-hybridized carbons (Fsp3) is 0.500. The summed E-state index contributed by atoms with van der Waals surface area (Å²) in [6.45, 7) is 5.18. The van der Waals surface area contributed by atoms with Crippen LogP contribution in [-0.2, 0) is 11.2 Å². The van der Waals surface area contributed by atoms with Gasteiger partial charge in [-0.25, -0.2) is 0 Å². The van der Waals surface area contributed by atoms with Crippen molar-refractivity contribution in [2.75, 3.05) is 13.1 Å². The number of benzene rings is 1. The van der Waals surface area contributed by atoms with Gasteiger partial charge in [-0.1, -0.05) is 31.2 Å². The Balaban J connectivity index is 2.38. The first kappa shape index (κ1) is 13.7. The van der Waals surface area contributed by atoms with Crippen LogP contribution in [0.1, 0.15) is 24.5 Å². The highest BCUT2D eigenvalue weighted by Crippen LogP contribution is 2.07. The van der Waals surface area contributed by atoms with E-state index in [-0.39, 0.29) is 11.8 Å². The Bertz CT molecular complexity index is 359. The van der Waals surface area contributed by atoms with Gasteiger partial charge in [0.05, 0.1) is 0 Å². The van der Waals surface area contributed by atoms with Gasteiger partial charge in [-0.15, -0.1) is 0 Å². The molecule has 3 heteroatoms. The lowest BCUT2D eigenvalue weighted by molar-refractivity contribution is -0.124. The van der Waals surface area contributed by atoms with Gasteiger partial charge in [0.15, 0.2) is 0 Å². The van der Waals surface area contributed by atoms with Crippen molar-refractivity contribution in [1.29, 1.82) is 0 Å². The van der Waals surface area contributed by atoms with Gasteiger partial charge in [-0.05, 0) is 30.9 Å². The van der Waals surface area contributed by atoms with E-state index in [4.69, 9.17) is 5.73 Å². The number of amides is 1. The molecule has 0 heterocycles. The van der Waals surface area contributed by atoms with Gasteiger partial charge in [0.25, 0.3) is 0 Å². The van der Waals surface area contributed by atoms with Gasteiger partial charge in [-0.2, -0.15) is 0 Å². The zero-order valence-corrected chi connectivity index (χ0v) is 10.7. The first-order valence-electron chi connectivity index (χ1n) is 6.21. The summed E-state index contributed by atoms with van der Waals surface area (Å²) in [5, 5.41) is 2.94. The third-order valence-corrected chi connectivity index (χ3v) is 3.10. The van der Waals surface area contributed by atoms with Crippen molar-refractivity contribution in [2.45, 2.75) is 26.7 Å². The monoisotopic (exact) mass is 234 g/mol. The first-order chi connectivity index (χ1) is 8.19. The zero-order chi connectivity index (χ0) is 12.7. The van der Waals surface area contributed by atoms with Crippen molar-refractivity contribution in [2.24, 2.45) is 11.7 Å². The number of aryl methyl sites for hydroxylation is 1. The Morgan fingerprint density at radius 3 is 2.71 bits per heavy atom. The van der Waals surface area contributed by atoms with E-state index < -0.39 is 0 Å². The quantitative estimate of drug-likeness (QED) is 0.786. The lowest BCUT2D eigenvalue weighted by Crippen LogP contribution is -2.35. The van der Waals surface area contributed by atoms with Crippen molar-refractivity contribution < 1.29 is 4.79 Å². The summed E-state index contributed by atoms with van der Waals surface area (Å²) in [5.74, 6) is 0.0236. The van der Waals surface area contributed by atoms with E-state index in [0.29, 0.717) is 13.1 Å². The maximum Gasteiger partial charge on any atom is 0.224 e. The second-order valence-corrected chi connectivity index (χ2v) is 4.31. The summed E-state index contributed by atoms with van der Waals surface area (Å²) in [4.78, 5) is 11.7. The van der Waals surface area contributed by atoms with Crippen molar-refractivity contribution in [3.05, 3.63) is 35.4 Å². The summed E-state index contributed by atoms with van der Waals surface area (Å²) in [6.07, 6.45) is 1.67. The Morgan fingerprint density at radius 2 is 2.12 bits per heavy atom. The van der Waals surface area contributed by atoms with Gasteiger partial charge >= 0.3 is 0 Å². The molecule has 0 radical (unpaired) electrons. The summed E-state index contributed by atoms with van der Waals surface area (Å²) in [7, 11) is 0. The van der Waals surface area contributed by atoms with Crippen LogP contribution in [0.2, 0.25) is 0 Å². The van der Waals surface area contributed by atoms with Crippen LogP contribution in [0, 0.1) is 12.8 Å². The maximum atomic E-state index is 11.7. The number of hydrogen-bond donors (Lipinski definition) is 2.